The number of nitrogens with two attached hydrogens (primary N) is 2. The Hall–Kier alpha value is -2.62. The van der Waals surface area contributed by atoms with Gasteiger partial charge in [0.05, 0.1) is 23.5 Å². The van der Waals surface area contributed by atoms with Crippen molar-refractivity contribution < 1.29 is 4.74 Å². The lowest BCUT2D eigenvalue weighted by molar-refractivity contribution is 0.324. The van der Waals surface area contributed by atoms with Crippen molar-refractivity contribution in [1.29, 1.82) is 0 Å². The zero-order valence-electron chi connectivity index (χ0n) is 14.0. The van der Waals surface area contributed by atoms with E-state index < -0.39 is 0 Å². The standard InChI is InChI=1S/C20H23N3O/c1-2-24-16-10-11-18-17(12-16)19(22)20(23(18)15-4-3-5-15)13-6-8-14(21)9-7-13/h6-12,15H,2-5,21-22H2,1H3. The van der Waals surface area contributed by atoms with Crippen molar-refractivity contribution in [2.75, 3.05) is 18.1 Å². The van der Waals surface area contributed by atoms with Crippen molar-refractivity contribution in [2.45, 2.75) is 32.2 Å². The van der Waals surface area contributed by atoms with Gasteiger partial charge in [0.15, 0.2) is 0 Å². The second-order valence-corrected chi connectivity index (χ2v) is 6.45. The Balaban J connectivity index is 1.96. The van der Waals surface area contributed by atoms with Crippen LogP contribution >= 0.6 is 0 Å². The largest absolute Gasteiger partial charge is 0.494 e. The van der Waals surface area contributed by atoms with E-state index in [1.165, 1.54) is 24.8 Å². The van der Waals surface area contributed by atoms with Crippen molar-refractivity contribution in [3.05, 3.63) is 42.5 Å². The summed E-state index contributed by atoms with van der Waals surface area (Å²) >= 11 is 0. The number of hydrogen-bond acceptors (Lipinski definition) is 3. The normalized spacial score (nSPS) is 14.7. The van der Waals surface area contributed by atoms with Gasteiger partial charge >= 0.3 is 0 Å². The summed E-state index contributed by atoms with van der Waals surface area (Å²) in [5.41, 5.74) is 17.4. The topological polar surface area (TPSA) is 66.2 Å². The molecule has 4 nitrogen and oxygen atoms in total. The molecule has 0 spiro atoms. The number of ether oxygens (including phenoxy) is 1. The molecule has 124 valence electrons. The number of rotatable bonds is 4. The fourth-order valence-corrected chi connectivity index (χ4v) is 3.53. The molecular weight excluding hydrogens is 298 g/mol. The Kier molecular flexibility index (Phi) is 3.60. The lowest BCUT2D eigenvalue weighted by atomic mass is 9.92. The summed E-state index contributed by atoms with van der Waals surface area (Å²) in [5.74, 6) is 0.867. The Labute approximate surface area is 142 Å². The van der Waals surface area contributed by atoms with Gasteiger partial charge in [0.2, 0.25) is 0 Å². The number of aromatic nitrogens is 1. The van der Waals surface area contributed by atoms with Crippen LogP contribution in [0.1, 0.15) is 32.2 Å². The highest BCUT2D eigenvalue weighted by Crippen LogP contribution is 2.44. The first-order valence-electron chi connectivity index (χ1n) is 8.61. The van der Waals surface area contributed by atoms with Gasteiger partial charge in [0, 0.05) is 22.7 Å². The van der Waals surface area contributed by atoms with Crippen LogP contribution in [-0.4, -0.2) is 11.2 Å². The highest BCUT2D eigenvalue weighted by Gasteiger charge is 2.26. The van der Waals surface area contributed by atoms with Gasteiger partial charge < -0.3 is 20.8 Å². The molecule has 1 aliphatic rings. The number of hydrogen-bond donors (Lipinski definition) is 2. The summed E-state index contributed by atoms with van der Waals surface area (Å²) in [6.45, 7) is 2.65. The molecule has 1 saturated carbocycles. The molecule has 0 amide bonds. The van der Waals surface area contributed by atoms with Crippen LogP contribution in [0.3, 0.4) is 0 Å². The molecule has 2 aromatic carbocycles. The quantitative estimate of drug-likeness (QED) is 0.690. The van der Waals surface area contributed by atoms with Gasteiger partial charge in [0.1, 0.15) is 5.75 Å². The van der Waals surface area contributed by atoms with Crippen molar-refractivity contribution >= 4 is 22.3 Å². The zero-order chi connectivity index (χ0) is 16.7. The zero-order valence-corrected chi connectivity index (χ0v) is 14.0. The minimum Gasteiger partial charge on any atom is -0.494 e. The molecule has 1 aliphatic carbocycles. The lowest BCUT2D eigenvalue weighted by Crippen LogP contribution is -2.17. The summed E-state index contributed by atoms with van der Waals surface area (Å²) in [6.07, 6.45) is 3.69. The molecule has 24 heavy (non-hydrogen) atoms. The second kappa shape index (κ2) is 5.78. The number of nitrogen functional groups attached to an aromatic ring is 2. The summed E-state index contributed by atoms with van der Waals surface area (Å²) < 4.78 is 8.07. The van der Waals surface area contributed by atoms with E-state index in [2.05, 4.69) is 28.8 Å². The minimum absolute atomic E-state index is 0.523. The first-order chi connectivity index (χ1) is 11.7. The molecule has 0 aliphatic heterocycles. The molecule has 4 N–H and O–H groups in total. The highest BCUT2D eigenvalue weighted by atomic mass is 16.5. The Morgan fingerprint density at radius 1 is 1.08 bits per heavy atom. The van der Waals surface area contributed by atoms with Gasteiger partial charge in [-0.05, 0) is 56.5 Å². The fourth-order valence-electron chi connectivity index (χ4n) is 3.53. The third kappa shape index (κ3) is 2.30. The van der Waals surface area contributed by atoms with Crippen LogP contribution in [0.5, 0.6) is 5.75 Å². The van der Waals surface area contributed by atoms with Crippen molar-refractivity contribution in [2.24, 2.45) is 0 Å². The van der Waals surface area contributed by atoms with E-state index in [9.17, 15) is 0 Å². The molecule has 3 aromatic rings. The van der Waals surface area contributed by atoms with E-state index in [-0.39, 0.29) is 0 Å². The average Bonchev–Trinajstić information content (AvgIpc) is 2.80. The summed E-state index contributed by atoms with van der Waals surface area (Å²) in [4.78, 5) is 0. The monoisotopic (exact) mass is 321 g/mol. The number of benzene rings is 2. The van der Waals surface area contributed by atoms with Crippen LogP contribution in [-0.2, 0) is 0 Å². The van der Waals surface area contributed by atoms with Crippen LogP contribution in [0.15, 0.2) is 42.5 Å². The number of anilines is 2. The van der Waals surface area contributed by atoms with Crippen LogP contribution in [0.25, 0.3) is 22.2 Å². The molecule has 0 atom stereocenters. The van der Waals surface area contributed by atoms with Crippen molar-refractivity contribution in [3.63, 3.8) is 0 Å². The maximum atomic E-state index is 6.58. The van der Waals surface area contributed by atoms with E-state index in [4.69, 9.17) is 16.2 Å². The maximum absolute atomic E-state index is 6.58. The SMILES string of the molecule is CCOc1ccc2c(c1)c(N)c(-c1ccc(N)cc1)n2C1CCC1. The molecular formula is C20H23N3O. The molecule has 4 heteroatoms. The van der Waals surface area contributed by atoms with Gasteiger partial charge in [-0.2, -0.15) is 0 Å². The molecule has 4 rings (SSSR count). The lowest BCUT2D eigenvalue weighted by Gasteiger charge is -2.30. The Morgan fingerprint density at radius 2 is 1.83 bits per heavy atom. The third-order valence-corrected chi connectivity index (χ3v) is 4.95. The molecule has 0 saturated heterocycles. The molecule has 1 heterocycles. The highest BCUT2D eigenvalue weighted by molar-refractivity contribution is 6.01. The van der Waals surface area contributed by atoms with Crippen LogP contribution < -0.4 is 16.2 Å². The van der Waals surface area contributed by atoms with E-state index in [0.29, 0.717) is 12.6 Å². The van der Waals surface area contributed by atoms with Gasteiger partial charge in [0.25, 0.3) is 0 Å². The Morgan fingerprint density at radius 3 is 2.46 bits per heavy atom. The number of fused-ring (bicyclic) bond motifs is 1. The van der Waals surface area contributed by atoms with Crippen molar-refractivity contribution in [1.82, 2.24) is 4.57 Å². The number of nitrogens with zero attached hydrogens (tertiary/aromatic N) is 1. The summed E-state index contributed by atoms with van der Waals surface area (Å²) in [5, 5.41) is 1.07. The van der Waals surface area contributed by atoms with E-state index in [1.807, 2.05) is 25.1 Å². The van der Waals surface area contributed by atoms with Crippen LogP contribution in [0, 0.1) is 0 Å². The third-order valence-electron chi connectivity index (χ3n) is 4.95. The van der Waals surface area contributed by atoms with Gasteiger partial charge in [-0.1, -0.05) is 12.1 Å². The van der Waals surface area contributed by atoms with E-state index in [1.54, 1.807) is 0 Å². The molecule has 0 radical (unpaired) electrons. The first kappa shape index (κ1) is 14.9. The van der Waals surface area contributed by atoms with E-state index in [0.717, 1.165) is 33.8 Å². The second-order valence-electron chi connectivity index (χ2n) is 6.45. The average molecular weight is 321 g/mol. The molecule has 1 fully saturated rings. The van der Waals surface area contributed by atoms with Gasteiger partial charge in [-0.15, -0.1) is 0 Å². The fraction of sp³-hybridized carbons (Fsp3) is 0.300. The molecule has 0 bridgehead atoms. The minimum atomic E-state index is 0.523. The summed E-state index contributed by atoms with van der Waals surface area (Å²) in [6, 6.07) is 14.7. The smallest absolute Gasteiger partial charge is 0.120 e. The van der Waals surface area contributed by atoms with Crippen LogP contribution in [0.4, 0.5) is 11.4 Å². The van der Waals surface area contributed by atoms with Crippen molar-refractivity contribution in [3.8, 4) is 17.0 Å². The molecule has 1 aromatic heterocycles. The first-order valence-corrected chi connectivity index (χ1v) is 8.61. The van der Waals surface area contributed by atoms with Gasteiger partial charge in [-0.3, -0.25) is 0 Å². The van der Waals surface area contributed by atoms with Crippen LogP contribution in [0.2, 0.25) is 0 Å². The maximum Gasteiger partial charge on any atom is 0.120 e. The van der Waals surface area contributed by atoms with E-state index >= 15 is 0 Å². The Bertz CT molecular complexity index is 876. The predicted octanol–water partition coefficient (Wildman–Crippen LogP) is 4.60. The van der Waals surface area contributed by atoms with Gasteiger partial charge in [-0.25, -0.2) is 0 Å². The predicted molar refractivity (Wildman–Crippen MR) is 100 cm³/mol. The molecule has 0 unspecified atom stereocenters. The summed E-state index contributed by atoms with van der Waals surface area (Å²) in [7, 11) is 0.